The molecule has 5 rings (SSSR count). The summed E-state index contributed by atoms with van der Waals surface area (Å²) in [7, 11) is 1.61. The predicted molar refractivity (Wildman–Crippen MR) is 124 cm³/mol. The van der Waals surface area contributed by atoms with Gasteiger partial charge in [0.1, 0.15) is 11.3 Å². The zero-order valence-corrected chi connectivity index (χ0v) is 17.9. The van der Waals surface area contributed by atoms with Crippen molar-refractivity contribution in [1.82, 2.24) is 10.2 Å². The summed E-state index contributed by atoms with van der Waals surface area (Å²) >= 11 is 0. The van der Waals surface area contributed by atoms with Gasteiger partial charge in [-0.3, -0.25) is 4.90 Å². The standard InChI is InChI=1S/C25H24N4O3/c1-31-22-10-9-19-24(30)23(16-21-17-6-2-3-8-20(17)27-28-21)32-25(19)18(22)7-4-5-13-29-14-11-26-12-15-29/h2-3,6,8-10,16,26,30H,5,11-15H2,1H3. The molecule has 162 valence electrons. The molecule has 0 atom stereocenters. The number of hydrogen-bond donors (Lipinski definition) is 2. The fourth-order valence-corrected chi connectivity index (χ4v) is 4.00. The molecule has 2 aliphatic heterocycles. The maximum Gasteiger partial charge on any atom is 0.172 e. The number of ether oxygens (including phenoxy) is 1. The van der Waals surface area contributed by atoms with Crippen LogP contribution in [-0.4, -0.2) is 49.8 Å². The molecule has 2 aromatic carbocycles. The van der Waals surface area contributed by atoms with Gasteiger partial charge >= 0.3 is 0 Å². The average molecular weight is 428 g/mol. The molecule has 0 aliphatic carbocycles. The van der Waals surface area contributed by atoms with Gasteiger partial charge in [-0.15, -0.1) is 10.2 Å². The Bertz CT molecular complexity index is 1270. The zero-order valence-electron chi connectivity index (χ0n) is 17.9. The van der Waals surface area contributed by atoms with Crippen molar-refractivity contribution >= 4 is 28.4 Å². The van der Waals surface area contributed by atoms with E-state index in [0.29, 0.717) is 33.7 Å². The molecule has 0 radical (unpaired) electrons. The van der Waals surface area contributed by atoms with Crippen LogP contribution in [0.25, 0.3) is 22.7 Å². The van der Waals surface area contributed by atoms with Gasteiger partial charge in [0.2, 0.25) is 0 Å². The lowest BCUT2D eigenvalue weighted by molar-refractivity contribution is 0.246. The number of azo groups is 1. The molecule has 7 nitrogen and oxygen atoms in total. The summed E-state index contributed by atoms with van der Waals surface area (Å²) in [5.74, 6) is 7.45. The Morgan fingerprint density at radius 2 is 2.03 bits per heavy atom. The molecule has 3 heterocycles. The molecule has 0 spiro atoms. The third-order valence-corrected chi connectivity index (χ3v) is 5.73. The molecule has 0 amide bonds. The minimum absolute atomic E-state index is 0.0543. The minimum Gasteiger partial charge on any atom is -0.504 e. The SMILES string of the molecule is COc1ccc2c(O)c(C=C3N=Nc4ccccc43)oc2c1C#CCCN1CCNCC1. The molecule has 3 aromatic rings. The third kappa shape index (κ3) is 3.86. The molecular weight excluding hydrogens is 404 g/mol. The van der Waals surface area contributed by atoms with Crippen LogP contribution in [0.2, 0.25) is 0 Å². The maximum atomic E-state index is 10.8. The van der Waals surface area contributed by atoms with Crippen molar-refractivity contribution < 1.29 is 14.3 Å². The van der Waals surface area contributed by atoms with E-state index in [4.69, 9.17) is 9.15 Å². The number of nitrogens with zero attached hydrogens (tertiary/aromatic N) is 3. The molecular formula is C25H24N4O3. The first-order valence-electron chi connectivity index (χ1n) is 10.7. The number of furan rings is 1. The number of benzene rings is 2. The van der Waals surface area contributed by atoms with Crippen molar-refractivity contribution in [2.75, 3.05) is 39.8 Å². The summed E-state index contributed by atoms with van der Waals surface area (Å²) in [5, 5.41) is 23.2. The summed E-state index contributed by atoms with van der Waals surface area (Å²) in [6.07, 6.45) is 2.46. The van der Waals surface area contributed by atoms with Gasteiger partial charge < -0.3 is 19.6 Å². The van der Waals surface area contributed by atoms with Gasteiger partial charge in [0.05, 0.1) is 23.9 Å². The lowest BCUT2D eigenvalue weighted by atomic mass is 10.1. The van der Waals surface area contributed by atoms with Crippen LogP contribution in [-0.2, 0) is 0 Å². The van der Waals surface area contributed by atoms with Crippen molar-refractivity contribution in [2.45, 2.75) is 6.42 Å². The Morgan fingerprint density at radius 1 is 1.19 bits per heavy atom. The maximum absolute atomic E-state index is 10.8. The van der Waals surface area contributed by atoms with Crippen LogP contribution < -0.4 is 10.1 Å². The lowest BCUT2D eigenvalue weighted by Gasteiger charge is -2.26. The molecule has 0 bridgehead atoms. The van der Waals surface area contributed by atoms with Crippen molar-refractivity contribution in [3.8, 4) is 23.3 Å². The van der Waals surface area contributed by atoms with Crippen LogP contribution in [0.1, 0.15) is 23.3 Å². The van der Waals surface area contributed by atoms with Gasteiger partial charge in [-0.25, -0.2) is 0 Å². The number of piperazine rings is 1. The van der Waals surface area contributed by atoms with Crippen LogP contribution >= 0.6 is 0 Å². The smallest absolute Gasteiger partial charge is 0.172 e. The summed E-state index contributed by atoms with van der Waals surface area (Å²) in [6, 6.07) is 11.3. The highest BCUT2D eigenvalue weighted by molar-refractivity contribution is 5.96. The second kappa shape index (κ2) is 8.87. The summed E-state index contributed by atoms with van der Waals surface area (Å²) in [4.78, 5) is 2.40. The van der Waals surface area contributed by atoms with E-state index in [1.54, 1.807) is 25.3 Å². The molecule has 7 heteroatoms. The predicted octanol–water partition coefficient (Wildman–Crippen LogP) is 4.39. The highest BCUT2D eigenvalue weighted by atomic mass is 16.5. The van der Waals surface area contributed by atoms with Gasteiger partial charge in [0, 0.05) is 50.8 Å². The van der Waals surface area contributed by atoms with Crippen LogP contribution in [0.5, 0.6) is 11.5 Å². The number of fused-ring (bicyclic) bond motifs is 2. The van der Waals surface area contributed by atoms with E-state index in [0.717, 1.165) is 50.4 Å². The van der Waals surface area contributed by atoms with E-state index in [1.807, 2.05) is 24.3 Å². The zero-order chi connectivity index (χ0) is 21.9. The van der Waals surface area contributed by atoms with Gasteiger partial charge in [0.15, 0.2) is 17.1 Å². The average Bonchev–Trinajstić information content (AvgIpc) is 3.39. The second-order valence-electron chi connectivity index (χ2n) is 7.72. The summed E-state index contributed by atoms with van der Waals surface area (Å²) in [5.41, 5.74) is 3.49. The molecule has 0 unspecified atom stereocenters. The van der Waals surface area contributed by atoms with Crippen molar-refractivity contribution in [2.24, 2.45) is 10.2 Å². The molecule has 0 saturated carbocycles. The van der Waals surface area contributed by atoms with E-state index in [1.165, 1.54) is 0 Å². The Hall–Kier alpha value is -3.60. The van der Waals surface area contributed by atoms with E-state index in [2.05, 4.69) is 32.3 Å². The molecule has 1 fully saturated rings. The first-order chi connectivity index (χ1) is 15.7. The fraction of sp³-hybridized carbons (Fsp3) is 0.280. The van der Waals surface area contributed by atoms with E-state index < -0.39 is 0 Å². The Morgan fingerprint density at radius 3 is 2.88 bits per heavy atom. The Labute approximate surface area is 186 Å². The summed E-state index contributed by atoms with van der Waals surface area (Å²) < 4.78 is 11.6. The van der Waals surface area contributed by atoms with Crippen LogP contribution in [0.4, 0.5) is 5.69 Å². The first kappa shape index (κ1) is 20.3. The van der Waals surface area contributed by atoms with Gasteiger partial charge in [-0.1, -0.05) is 30.0 Å². The van der Waals surface area contributed by atoms with Gasteiger partial charge in [0.25, 0.3) is 0 Å². The third-order valence-electron chi connectivity index (χ3n) is 5.73. The summed E-state index contributed by atoms with van der Waals surface area (Å²) in [6.45, 7) is 5.07. The Kier molecular flexibility index (Phi) is 5.63. The highest BCUT2D eigenvalue weighted by Crippen LogP contribution is 2.41. The van der Waals surface area contributed by atoms with Crippen LogP contribution in [0.3, 0.4) is 0 Å². The molecule has 2 aliphatic rings. The lowest BCUT2D eigenvalue weighted by Crippen LogP contribution is -2.43. The number of hydrogen-bond acceptors (Lipinski definition) is 7. The number of methoxy groups -OCH3 is 1. The van der Waals surface area contributed by atoms with Crippen LogP contribution in [0.15, 0.2) is 51.0 Å². The molecule has 1 saturated heterocycles. The topological polar surface area (TPSA) is 82.6 Å². The quantitative estimate of drug-likeness (QED) is 0.603. The molecule has 1 aromatic heterocycles. The van der Waals surface area contributed by atoms with Gasteiger partial charge in [-0.05, 0) is 18.2 Å². The number of nitrogens with one attached hydrogen (secondary N) is 1. The highest BCUT2D eigenvalue weighted by Gasteiger charge is 2.20. The van der Waals surface area contributed by atoms with E-state index >= 15 is 0 Å². The van der Waals surface area contributed by atoms with Crippen molar-refractivity contribution in [3.05, 3.63) is 53.3 Å². The Balaban J connectivity index is 1.47. The monoisotopic (exact) mass is 428 g/mol. The van der Waals surface area contributed by atoms with Crippen molar-refractivity contribution in [3.63, 3.8) is 0 Å². The van der Waals surface area contributed by atoms with Gasteiger partial charge in [-0.2, -0.15) is 0 Å². The second-order valence-corrected chi connectivity index (χ2v) is 7.72. The molecule has 32 heavy (non-hydrogen) atoms. The largest absolute Gasteiger partial charge is 0.504 e. The fourth-order valence-electron chi connectivity index (χ4n) is 4.00. The minimum atomic E-state index is 0.0543. The normalized spacial score (nSPS) is 16.8. The van der Waals surface area contributed by atoms with Crippen molar-refractivity contribution in [1.29, 1.82) is 0 Å². The van der Waals surface area contributed by atoms with E-state index in [9.17, 15) is 5.11 Å². The number of aromatic hydroxyl groups is 1. The first-order valence-corrected chi connectivity index (χ1v) is 10.7. The molecule has 2 N–H and O–H groups in total. The van der Waals surface area contributed by atoms with Crippen LogP contribution in [0, 0.1) is 11.8 Å². The van der Waals surface area contributed by atoms with E-state index in [-0.39, 0.29) is 5.75 Å². The number of rotatable bonds is 4.